The number of ether oxygens (including phenoxy) is 1. The van der Waals surface area contributed by atoms with Crippen molar-refractivity contribution in [3.05, 3.63) is 96.3 Å². The molecule has 1 amide bonds. The molecule has 1 unspecified atom stereocenters. The van der Waals surface area contributed by atoms with Crippen LogP contribution in [-0.4, -0.2) is 27.8 Å². The number of anilines is 1. The van der Waals surface area contributed by atoms with Crippen LogP contribution in [0.4, 0.5) is 5.69 Å². The van der Waals surface area contributed by atoms with Crippen molar-refractivity contribution in [3.8, 4) is 11.4 Å². The highest BCUT2D eigenvalue weighted by Crippen LogP contribution is 2.36. The Morgan fingerprint density at radius 3 is 2.58 bits per heavy atom. The Labute approximate surface area is 185 Å². The summed E-state index contributed by atoms with van der Waals surface area (Å²) in [7, 11) is 1.60. The van der Waals surface area contributed by atoms with Crippen LogP contribution in [0.2, 0.25) is 0 Å². The zero-order valence-electron chi connectivity index (χ0n) is 17.2. The van der Waals surface area contributed by atoms with Gasteiger partial charge in [0.2, 0.25) is 5.91 Å². The van der Waals surface area contributed by atoms with Gasteiger partial charge in [0.25, 0.3) is 0 Å². The van der Waals surface area contributed by atoms with Gasteiger partial charge in [-0.1, -0.05) is 66.4 Å². The average molecular weight is 431 g/mol. The van der Waals surface area contributed by atoms with E-state index in [2.05, 4.69) is 15.5 Å². The van der Waals surface area contributed by atoms with Gasteiger partial charge in [-0.2, -0.15) is 0 Å². The number of rotatable bonds is 7. The Kier molecular flexibility index (Phi) is 6.33. The van der Waals surface area contributed by atoms with Gasteiger partial charge in [-0.05, 0) is 36.2 Å². The monoisotopic (exact) mass is 430 g/mol. The molecule has 0 aliphatic rings. The van der Waals surface area contributed by atoms with E-state index in [-0.39, 0.29) is 5.91 Å². The maximum absolute atomic E-state index is 13.3. The molecular weight excluding hydrogens is 408 g/mol. The van der Waals surface area contributed by atoms with Gasteiger partial charge in [0, 0.05) is 11.8 Å². The lowest BCUT2D eigenvalue weighted by Gasteiger charge is -2.18. The number of hydrogen-bond acceptors (Lipinski definition) is 5. The lowest BCUT2D eigenvalue weighted by molar-refractivity contribution is -0.115. The summed E-state index contributed by atoms with van der Waals surface area (Å²) in [6.07, 6.45) is 1.67. The molecule has 1 atom stereocenters. The number of aromatic nitrogens is 3. The Morgan fingerprint density at radius 2 is 1.81 bits per heavy atom. The molecule has 1 N–H and O–H groups in total. The van der Waals surface area contributed by atoms with Crippen molar-refractivity contribution in [1.29, 1.82) is 0 Å². The van der Waals surface area contributed by atoms with Crippen molar-refractivity contribution in [2.45, 2.75) is 17.3 Å². The first-order chi connectivity index (χ1) is 15.2. The second kappa shape index (κ2) is 9.49. The number of nitrogens with one attached hydrogen (secondary N) is 1. The van der Waals surface area contributed by atoms with Crippen LogP contribution in [0.25, 0.3) is 5.69 Å². The molecule has 0 aliphatic heterocycles. The van der Waals surface area contributed by atoms with Gasteiger partial charge in [0.15, 0.2) is 5.16 Å². The lowest BCUT2D eigenvalue weighted by Crippen LogP contribution is -2.19. The third kappa shape index (κ3) is 4.78. The zero-order valence-corrected chi connectivity index (χ0v) is 18.0. The first-order valence-electron chi connectivity index (χ1n) is 9.78. The summed E-state index contributed by atoms with van der Waals surface area (Å²) in [5.41, 5.74) is 3.63. The van der Waals surface area contributed by atoms with E-state index >= 15 is 0 Å². The number of thioether (sulfide) groups is 1. The minimum absolute atomic E-state index is 0.149. The second-order valence-electron chi connectivity index (χ2n) is 6.90. The van der Waals surface area contributed by atoms with Crippen molar-refractivity contribution in [3.63, 3.8) is 0 Å². The third-order valence-corrected chi connectivity index (χ3v) is 6.00. The molecule has 0 saturated heterocycles. The van der Waals surface area contributed by atoms with Gasteiger partial charge in [0.1, 0.15) is 17.3 Å². The first kappa shape index (κ1) is 20.7. The number of para-hydroxylation sites is 1. The molecule has 4 aromatic rings. The number of hydrogen-bond donors (Lipinski definition) is 1. The van der Waals surface area contributed by atoms with Gasteiger partial charge in [-0.3, -0.25) is 9.36 Å². The van der Waals surface area contributed by atoms with Crippen molar-refractivity contribution >= 4 is 23.4 Å². The van der Waals surface area contributed by atoms with Crippen LogP contribution in [0.1, 0.15) is 16.4 Å². The number of methoxy groups -OCH3 is 1. The molecule has 7 heteroatoms. The summed E-state index contributed by atoms with van der Waals surface area (Å²) in [6, 6.07) is 25.0. The smallest absolute Gasteiger partial charge is 0.242 e. The Balaban J connectivity index is 1.65. The van der Waals surface area contributed by atoms with Crippen LogP contribution < -0.4 is 10.1 Å². The van der Waals surface area contributed by atoms with Crippen LogP contribution in [0.3, 0.4) is 0 Å². The van der Waals surface area contributed by atoms with Crippen LogP contribution in [0.5, 0.6) is 5.75 Å². The Morgan fingerprint density at radius 1 is 1.03 bits per heavy atom. The van der Waals surface area contributed by atoms with Crippen molar-refractivity contribution in [1.82, 2.24) is 14.8 Å². The van der Waals surface area contributed by atoms with Gasteiger partial charge in [-0.25, -0.2) is 0 Å². The molecule has 0 aliphatic carbocycles. The molecule has 0 radical (unpaired) electrons. The molecule has 31 heavy (non-hydrogen) atoms. The largest absolute Gasteiger partial charge is 0.497 e. The number of carbonyl (C=O) groups excluding carboxylic acids is 1. The molecule has 156 valence electrons. The number of aryl methyl sites for hydroxylation is 1. The zero-order chi connectivity index (χ0) is 21.6. The van der Waals surface area contributed by atoms with Gasteiger partial charge >= 0.3 is 0 Å². The van der Waals surface area contributed by atoms with E-state index in [0.29, 0.717) is 16.6 Å². The molecule has 0 saturated carbocycles. The summed E-state index contributed by atoms with van der Waals surface area (Å²) in [5, 5.41) is 11.5. The van der Waals surface area contributed by atoms with Gasteiger partial charge < -0.3 is 10.1 Å². The van der Waals surface area contributed by atoms with E-state index in [1.165, 1.54) is 11.8 Å². The van der Waals surface area contributed by atoms with Crippen LogP contribution in [0, 0.1) is 6.92 Å². The maximum atomic E-state index is 13.3. The van der Waals surface area contributed by atoms with Gasteiger partial charge in [0.05, 0.1) is 12.8 Å². The summed E-state index contributed by atoms with van der Waals surface area (Å²) >= 11 is 1.36. The molecule has 0 spiro atoms. The molecule has 1 aromatic heterocycles. The fourth-order valence-electron chi connectivity index (χ4n) is 3.22. The van der Waals surface area contributed by atoms with E-state index in [0.717, 1.165) is 16.8 Å². The highest BCUT2D eigenvalue weighted by Gasteiger charge is 2.25. The predicted octanol–water partition coefficient (Wildman–Crippen LogP) is 5.06. The van der Waals surface area contributed by atoms with Gasteiger partial charge in [-0.15, -0.1) is 10.2 Å². The van der Waals surface area contributed by atoms with Crippen LogP contribution in [-0.2, 0) is 4.79 Å². The standard InChI is InChI=1S/C24H22N4O2S/c1-17-9-6-7-14-21(17)28-16-25-27-24(28)31-22(18-10-4-3-5-11-18)23(29)26-19-12-8-13-20(15-19)30-2/h3-16,22H,1-2H3,(H,26,29). The van der Waals surface area contributed by atoms with E-state index < -0.39 is 5.25 Å². The highest BCUT2D eigenvalue weighted by atomic mass is 32.2. The topological polar surface area (TPSA) is 69.0 Å². The minimum Gasteiger partial charge on any atom is -0.497 e. The van der Waals surface area contributed by atoms with E-state index in [9.17, 15) is 4.79 Å². The molecule has 4 rings (SSSR count). The van der Waals surface area contributed by atoms with Crippen molar-refractivity contribution in [2.75, 3.05) is 12.4 Å². The molecule has 0 bridgehead atoms. The summed E-state index contributed by atoms with van der Waals surface area (Å²) in [6.45, 7) is 2.04. The van der Waals surface area contributed by atoms with Crippen molar-refractivity contribution in [2.24, 2.45) is 0 Å². The molecule has 1 heterocycles. The molecule has 6 nitrogen and oxygen atoms in total. The fraction of sp³-hybridized carbons (Fsp3) is 0.125. The predicted molar refractivity (Wildman–Crippen MR) is 123 cm³/mol. The number of amides is 1. The fourth-order valence-corrected chi connectivity index (χ4v) is 4.24. The van der Waals surface area contributed by atoms with E-state index in [4.69, 9.17) is 4.74 Å². The summed E-state index contributed by atoms with van der Waals surface area (Å²) in [4.78, 5) is 13.3. The molecular formula is C24H22N4O2S. The van der Waals surface area contributed by atoms with Crippen molar-refractivity contribution < 1.29 is 9.53 Å². The SMILES string of the molecule is COc1cccc(NC(=O)C(Sc2nncn2-c2ccccc2C)c2ccccc2)c1. The summed E-state index contributed by atoms with van der Waals surface area (Å²) < 4.78 is 7.18. The maximum Gasteiger partial charge on any atom is 0.242 e. The van der Waals surface area contributed by atoms with E-state index in [1.807, 2.05) is 84.3 Å². The van der Waals surface area contributed by atoms with Crippen LogP contribution in [0.15, 0.2) is 90.3 Å². The highest BCUT2D eigenvalue weighted by molar-refractivity contribution is 8.00. The molecule has 3 aromatic carbocycles. The minimum atomic E-state index is -0.514. The van der Waals surface area contributed by atoms with Crippen LogP contribution >= 0.6 is 11.8 Å². The molecule has 0 fully saturated rings. The summed E-state index contributed by atoms with van der Waals surface area (Å²) in [5.74, 6) is 0.532. The third-order valence-electron chi connectivity index (χ3n) is 4.79. The van der Waals surface area contributed by atoms with E-state index in [1.54, 1.807) is 19.5 Å². The Bertz CT molecular complexity index is 1180. The number of carbonyl (C=O) groups is 1. The second-order valence-corrected chi connectivity index (χ2v) is 7.97. The lowest BCUT2D eigenvalue weighted by atomic mass is 10.1. The average Bonchev–Trinajstić information content (AvgIpc) is 3.26. The normalized spacial score (nSPS) is 11.7. The number of nitrogens with zero attached hydrogens (tertiary/aromatic N) is 3. The number of benzene rings is 3. The quantitative estimate of drug-likeness (QED) is 0.415. The first-order valence-corrected chi connectivity index (χ1v) is 10.7. The Hall–Kier alpha value is -3.58.